The molecule has 7 heteroatoms. The number of rotatable bonds is 6. The van der Waals surface area contributed by atoms with Gasteiger partial charge in [0.25, 0.3) is 0 Å². The number of amides is 1. The van der Waals surface area contributed by atoms with Crippen molar-refractivity contribution in [3.05, 3.63) is 60.7 Å². The molecule has 2 aromatic heterocycles. The van der Waals surface area contributed by atoms with Crippen molar-refractivity contribution in [2.24, 2.45) is 0 Å². The summed E-state index contributed by atoms with van der Waals surface area (Å²) in [5, 5.41) is 21.0. The standard InChI is InChI=1S/C17H18N4O3/c1-17(23,15-8-5-9-24-15)12-18-16(22)11-21-10-14(19-20-21)13-6-3-2-4-7-13/h2-10,23H,11-12H2,1H3,(H,18,22). The molecule has 0 spiro atoms. The Balaban J connectivity index is 1.57. The molecule has 1 aromatic carbocycles. The molecule has 1 amide bonds. The number of aliphatic hydroxyl groups is 1. The Kier molecular flexibility index (Phi) is 4.43. The van der Waals surface area contributed by atoms with Crippen LogP contribution in [0.5, 0.6) is 0 Å². The van der Waals surface area contributed by atoms with Crippen molar-refractivity contribution >= 4 is 5.91 Å². The number of carbonyl (C=O) groups excluding carboxylic acids is 1. The molecule has 0 aliphatic heterocycles. The average Bonchev–Trinajstić information content (AvgIpc) is 3.26. The van der Waals surface area contributed by atoms with Crippen LogP contribution >= 0.6 is 0 Å². The molecule has 0 radical (unpaired) electrons. The average molecular weight is 326 g/mol. The Bertz CT molecular complexity index is 794. The topological polar surface area (TPSA) is 93.2 Å². The van der Waals surface area contributed by atoms with Gasteiger partial charge in [-0.3, -0.25) is 4.79 Å². The van der Waals surface area contributed by atoms with Gasteiger partial charge in [0.05, 0.1) is 19.0 Å². The summed E-state index contributed by atoms with van der Waals surface area (Å²) < 4.78 is 6.63. The highest BCUT2D eigenvalue weighted by Crippen LogP contribution is 2.19. The molecule has 0 saturated carbocycles. The summed E-state index contributed by atoms with van der Waals surface area (Å²) in [5.41, 5.74) is 0.368. The van der Waals surface area contributed by atoms with Gasteiger partial charge < -0.3 is 14.8 Å². The van der Waals surface area contributed by atoms with Gasteiger partial charge in [-0.25, -0.2) is 4.68 Å². The van der Waals surface area contributed by atoms with Gasteiger partial charge in [0.1, 0.15) is 23.6 Å². The minimum atomic E-state index is -1.27. The predicted octanol–water partition coefficient (Wildman–Crippen LogP) is 1.56. The van der Waals surface area contributed by atoms with Crippen molar-refractivity contribution in [3.63, 3.8) is 0 Å². The second kappa shape index (κ2) is 6.67. The minimum absolute atomic E-state index is 0.0219. The SMILES string of the molecule is CC(O)(CNC(=O)Cn1cc(-c2ccccc2)nn1)c1ccco1. The zero-order valence-electron chi connectivity index (χ0n) is 13.2. The maximum atomic E-state index is 12.0. The number of furan rings is 1. The summed E-state index contributed by atoms with van der Waals surface area (Å²) in [7, 11) is 0. The van der Waals surface area contributed by atoms with Gasteiger partial charge in [-0.2, -0.15) is 0 Å². The number of hydrogen-bond donors (Lipinski definition) is 2. The molecular weight excluding hydrogens is 308 g/mol. The molecule has 3 rings (SSSR count). The van der Waals surface area contributed by atoms with E-state index in [1.165, 1.54) is 10.9 Å². The molecule has 7 nitrogen and oxygen atoms in total. The van der Waals surface area contributed by atoms with E-state index in [9.17, 15) is 9.90 Å². The summed E-state index contributed by atoms with van der Waals surface area (Å²) in [6.45, 7) is 1.64. The molecule has 2 N–H and O–H groups in total. The van der Waals surface area contributed by atoms with Gasteiger partial charge in [-0.15, -0.1) is 5.10 Å². The second-order valence-electron chi connectivity index (χ2n) is 5.70. The third-order valence-corrected chi connectivity index (χ3v) is 3.60. The number of aromatic nitrogens is 3. The van der Waals surface area contributed by atoms with Crippen LogP contribution in [0, 0.1) is 0 Å². The van der Waals surface area contributed by atoms with Crippen LogP contribution in [-0.4, -0.2) is 32.6 Å². The number of carbonyl (C=O) groups is 1. The van der Waals surface area contributed by atoms with Crippen LogP contribution in [0.4, 0.5) is 0 Å². The molecule has 0 bridgehead atoms. The number of benzene rings is 1. The van der Waals surface area contributed by atoms with Crippen molar-refractivity contribution in [3.8, 4) is 11.3 Å². The van der Waals surface area contributed by atoms with Gasteiger partial charge in [0.2, 0.25) is 5.91 Å². The second-order valence-corrected chi connectivity index (χ2v) is 5.70. The highest BCUT2D eigenvalue weighted by atomic mass is 16.4. The maximum Gasteiger partial charge on any atom is 0.241 e. The lowest BCUT2D eigenvalue weighted by Crippen LogP contribution is -2.39. The fourth-order valence-corrected chi connectivity index (χ4v) is 2.26. The van der Waals surface area contributed by atoms with E-state index in [1.54, 1.807) is 25.3 Å². The molecule has 0 aliphatic rings. The van der Waals surface area contributed by atoms with Gasteiger partial charge in [-0.05, 0) is 19.1 Å². The third-order valence-electron chi connectivity index (χ3n) is 3.60. The minimum Gasteiger partial charge on any atom is -0.466 e. The van der Waals surface area contributed by atoms with Gasteiger partial charge >= 0.3 is 0 Å². The quantitative estimate of drug-likeness (QED) is 0.717. The third kappa shape index (κ3) is 3.69. The van der Waals surface area contributed by atoms with Crippen LogP contribution in [0.3, 0.4) is 0 Å². The first-order chi connectivity index (χ1) is 11.5. The molecule has 1 atom stereocenters. The lowest BCUT2D eigenvalue weighted by atomic mass is 10.0. The summed E-state index contributed by atoms with van der Waals surface area (Å²) in [6, 6.07) is 13.0. The van der Waals surface area contributed by atoms with E-state index in [0.29, 0.717) is 11.5 Å². The van der Waals surface area contributed by atoms with E-state index in [-0.39, 0.29) is 19.0 Å². The van der Waals surface area contributed by atoms with Crippen LogP contribution in [0.2, 0.25) is 0 Å². The summed E-state index contributed by atoms with van der Waals surface area (Å²) in [4.78, 5) is 12.0. The Morgan fingerprint density at radius 1 is 1.29 bits per heavy atom. The van der Waals surface area contributed by atoms with Crippen molar-refractivity contribution in [1.82, 2.24) is 20.3 Å². The van der Waals surface area contributed by atoms with Crippen molar-refractivity contribution in [2.75, 3.05) is 6.54 Å². The maximum absolute atomic E-state index is 12.0. The number of nitrogens with one attached hydrogen (secondary N) is 1. The van der Waals surface area contributed by atoms with Crippen molar-refractivity contribution in [2.45, 2.75) is 19.1 Å². The fourth-order valence-electron chi connectivity index (χ4n) is 2.26. The molecule has 24 heavy (non-hydrogen) atoms. The first-order valence-electron chi connectivity index (χ1n) is 7.53. The van der Waals surface area contributed by atoms with Crippen LogP contribution in [0.25, 0.3) is 11.3 Å². The van der Waals surface area contributed by atoms with Crippen LogP contribution in [-0.2, 0) is 16.9 Å². The molecule has 1 unspecified atom stereocenters. The van der Waals surface area contributed by atoms with E-state index < -0.39 is 5.60 Å². The van der Waals surface area contributed by atoms with Crippen molar-refractivity contribution < 1.29 is 14.3 Å². The van der Waals surface area contributed by atoms with Gasteiger partial charge in [-0.1, -0.05) is 35.5 Å². The summed E-state index contributed by atoms with van der Waals surface area (Å²) >= 11 is 0. The molecule has 0 aliphatic carbocycles. The van der Waals surface area contributed by atoms with E-state index >= 15 is 0 Å². The largest absolute Gasteiger partial charge is 0.466 e. The number of nitrogens with zero attached hydrogens (tertiary/aromatic N) is 3. The fraction of sp³-hybridized carbons (Fsp3) is 0.235. The highest BCUT2D eigenvalue weighted by molar-refractivity contribution is 5.75. The molecule has 2 heterocycles. The summed E-state index contributed by atoms with van der Waals surface area (Å²) in [5.74, 6) is 0.126. The lowest BCUT2D eigenvalue weighted by Gasteiger charge is -2.21. The first kappa shape index (κ1) is 15.9. The molecule has 0 fully saturated rings. The van der Waals surface area contributed by atoms with E-state index in [2.05, 4.69) is 15.6 Å². The van der Waals surface area contributed by atoms with E-state index in [1.807, 2.05) is 30.3 Å². The van der Waals surface area contributed by atoms with Crippen LogP contribution in [0.15, 0.2) is 59.3 Å². The zero-order valence-corrected chi connectivity index (χ0v) is 13.2. The smallest absolute Gasteiger partial charge is 0.241 e. The number of hydrogen-bond acceptors (Lipinski definition) is 5. The van der Waals surface area contributed by atoms with E-state index in [4.69, 9.17) is 4.42 Å². The zero-order chi connectivity index (χ0) is 17.0. The highest BCUT2D eigenvalue weighted by Gasteiger charge is 2.26. The Morgan fingerprint density at radius 3 is 2.79 bits per heavy atom. The van der Waals surface area contributed by atoms with E-state index in [0.717, 1.165) is 5.56 Å². The molecule has 3 aromatic rings. The van der Waals surface area contributed by atoms with Crippen molar-refractivity contribution in [1.29, 1.82) is 0 Å². The van der Waals surface area contributed by atoms with Gasteiger partial charge in [0.15, 0.2) is 0 Å². The molecule has 0 saturated heterocycles. The normalized spacial score (nSPS) is 13.4. The Morgan fingerprint density at radius 2 is 2.08 bits per heavy atom. The van der Waals surface area contributed by atoms with Crippen LogP contribution in [0.1, 0.15) is 12.7 Å². The monoisotopic (exact) mass is 326 g/mol. The molecular formula is C17H18N4O3. The predicted molar refractivity (Wildman–Crippen MR) is 86.7 cm³/mol. The first-order valence-corrected chi connectivity index (χ1v) is 7.53. The molecule has 124 valence electrons. The van der Waals surface area contributed by atoms with Crippen LogP contribution < -0.4 is 5.32 Å². The van der Waals surface area contributed by atoms with Gasteiger partial charge in [0, 0.05) is 5.56 Å². The lowest BCUT2D eigenvalue weighted by molar-refractivity contribution is -0.123. The summed E-state index contributed by atoms with van der Waals surface area (Å²) in [6.07, 6.45) is 3.19. The Hall–Kier alpha value is -2.93. The Labute approximate surface area is 138 Å².